The molecule has 1 fully saturated rings. The fourth-order valence-electron chi connectivity index (χ4n) is 2.46. The van der Waals surface area contributed by atoms with E-state index in [0.717, 1.165) is 25.9 Å². The number of nitrogens with zero attached hydrogens (tertiary/aromatic N) is 1. The Morgan fingerprint density at radius 2 is 2.11 bits per heavy atom. The standard InChI is InChI=1S/C14H19Cl2NOS/c1-14(2)4-3-6-17(7-5-14)9-11(18)10-8-12(15)19-13(10)16/h8H,3-7,9H2,1-2H3. The minimum absolute atomic E-state index is 0.0767. The van der Waals surface area contributed by atoms with Gasteiger partial charge in [-0.25, -0.2) is 0 Å². The van der Waals surface area contributed by atoms with Gasteiger partial charge in [-0.2, -0.15) is 0 Å². The minimum Gasteiger partial charge on any atom is -0.296 e. The van der Waals surface area contributed by atoms with Gasteiger partial charge in [0.2, 0.25) is 0 Å². The molecule has 19 heavy (non-hydrogen) atoms. The summed E-state index contributed by atoms with van der Waals surface area (Å²) < 4.78 is 1.08. The number of hydrogen-bond acceptors (Lipinski definition) is 3. The highest BCUT2D eigenvalue weighted by Gasteiger charge is 2.25. The van der Waals surface area contributed by atoms with Gasteiger partial charge in [0.1, 0.15) is 4.34 Å². The summed E-state index contributed by atoms with van der Waals surface area (Å²) in [7, 11) is 0. The molecule has 0 N–H and O–H groups in total. The van der Waals surface area contributed by atoms with Crippen LogP contribution in [0.3, 0.4) is 0 Å². The van der Waals surface area contributed by atoms with E-state index in [4.69, 9.17) is 23.2 Å². The van der Waals surface area contributed by atoms with Crippen molar-refractivity contribution >= 4 is 40.3 Å². The maximum Gasteiger partial charge on any atom is 0.179 e. The number of halogens is 2. The van der Waals surface area contributed by atoms with E-state index in [0.29, 0.717) is 26.2 Å². The van der Waals surface area contributed by atoms with Gasteiger partial charge in [0.05, 0.1) is 16.4 Å². The molecule has 2 heterocycles. The molecule has 1 aromatic rings. The van der Waals surface area contributed by atoms with Gasteiger partial charge >= 0.3 is 0 Å². The lowest BCUT2D eigenvalue weighted by Crippen LogP contribution is -2.31. The second-order valence-corrected chi connectivity index (χ2v) is 8.24. The van der Waals surface area contributed by atoms with E-state index in [2.05, 4.69) is 18.7 Å². The van der Waals surface area contributed by atoms with E-state index < -0.39 is 0 Å². The minimum atomic E-state index is 0.0767. The van der Waals surface area contributed by atoms with Crippen LogP contribution in [0.4, 0.5) is 0 Å². The number of Topliss-reactive ketones (excluding diaryl/α,β-unsaturated/α-hetero) is 1. The van der Waals surface area contributed by atoms with Crippen molar-refractivity contribution in [2.75, 3.05) is 19.6 Å². The van der Waals surface area contributed by atoms with Crippen molar-refractivity contribution in [3.8, 4) is 0 Å². The van der Waals surface area contributed by atoms with Gasteiger partial charge in [0.15, 0.2) is 5.78 Å². The van der Waals surface area contributed by atoms with Gasteiger partial charge in [-0.3, -0.25) is 9.69 Å². The number of ketones is 1. The quantitative estimate of drug-likeness (QED) is 0.749. The van der Waals surface area contributed by atoms with Crippen molar-refractivity contribution in [3.63, 3.8) is 0 Å². The monoisotopic (exact) mass is 319 g/mol. The van der Waals surface area contributed by atoms with Crippen LogP contribution in [0.2, 0.25) is 8.67 Å². The molecule has 0 saturated carbocycles. The molecule has 2 nitrogen and oxygen atoms in total. The number of thiophene rings is 1. The molecule has 0 aliphatic carbocycles. The summed E-state index contributed by atoms with van der Waals surface area (Å²) >= 11 is 13.2. The first kappa shape index (κ1) is 15.3. The predicted molar refractivity (Wildman–Crippen MR) is 82.7 cm³/mol. The lowest BCUT2D eigenvalue weighted by Gasteiger charge is -2.22. The third-order valence-corrected chi connectivity index (χ3v) is 5.24. The highest BCUT2D eigenvalue weighted by atomic mass is 35.5. The van der Waals surface area contributed by atoms with E-state index >= 15 is 0 Å². The molecule has 1 aromatic heterocycles. The fraction of sp³-hybridized carbons (Fsp3) is 0.643. The summed E-state index contributed by atoms with van der Waals surface area (Å²) in [6, 6.07) is 1.68. The number of rotatable bonds is 3. The normalized spacial score (nSPS) is 20.2. The maximum atomic E-state index is 12.2. The van der Waals surface area contributed by atoms with Crippen LogP contribution in [0.15, 0.2) is 6.07 Å². The molecule has 0 spiro atoms. The van der Waals surface area contributed by atoms with Crippen molar-refractivity contribution in [1.82, 2.24) is 4.90 Å². The first-order chi connectivity index (χ1) is 8.87. The van der Waals surface area contributed by atoms with Gasteiger partial charge < -0.3 is 0 Å². The number of hydrogen-bond donors (Lipinski definition) is 0. The summed E-state index contributed by atoms with van der Waals surface area (Å²) in [5.74, 6) is 0.0767. The van der Waals surface area contributed by atoms with Gasteiger partial charge in [0, 0.05) is 0 Å². The van der Waals surface area contributed by atoms with Crippen LogP contribution < -0.4 is 0 Å². The zero-order valence-corrected chi connectivity index (χ0v) is 13.7. The fourth-order valence-corrected chi connectivity index (χ4v) is 3.95. The smallest absolute Gasteiger partial charge is 0.179 e. The van der Waals surface area contributed by atoms with Gasteiger partial charge in [-0.1, -0.05) is 37.0 Å². The number of carbonyl (C=O) groups is 1. The number of carbonyl (C=O) groups excluding carboxylic acids is 1. The molecule has 0 radical (unpaired) electrons. The van der Waals surface area contributed by atoms with Crippen LogP contribution >= 0.6 is 34.5 Å². The molecule has 106 valence electrons. The Morgan fingerprint density at radius 1 is 1.37 bits per heavy atom. The molecular weight excluding hydrogens is 301 g/mol. The summed E-state index contributed by atoms with van der Waals surface area (Å²) in [5.41, 5.74) is 0.960. The Labute approximate surface area is 128 Å². The van der Waals surface area contributed by atoms with E-state index in [1.165, 1.54) is 17.8 Å². The Kier molecular flexibility index (Phi) is 4.93. The molecule has 0 atom stereocenters. The Morgan fingerprint density at radius 3 is 2.74 bits per heavy atom. The lowest BCUT2D eigenvalue weighted by atomic mass is 9.85. The van der Waals surface area contributed by atoms with Crippen LogP contribution in [-0.2, 0) is 0 Å². The predicted octanol–water partition coefficient (Wildman–Crippen LogP) is 4.75. The van der Waals surface area contributed by atoms with Gasteiger partial charge in [-0.15, -0.1) is 11.3 Å². The van der Waals surface area contributed by atoms with Crippen molar-refractivity contribution in [3.05, 3.63) is 20.3 Å². The molecule has 1 aliphatic heterocycles. The van der Waals surface area contributed by atoms with E-state index in [1.54, 1.807) is 6.07 Å². The second-order valence-electron chi connectivity index (χ2n) is 5.95. The topological polar surface area (TPSA) is 20.3 Å². The van der Waals surface area contributed by atoms with Crippen LogP contribution in [0.25, 0.3) is 0 Å². The molecule has 0 unspecified atom stereocenters. The van der Waals surface area contributed by atoms with Crippen molar-refractivity contribution < 1.29 is 4.79 Å². The average molecular weight is 320 g/mol. The van der Waals surface area contributed by atoms with Crippen LogP contribution in [0.5, 0.6) is 0 Å². The van der Waals surface area contributed by atoms with Crippen LogP contribution in [-0.4, -0.2) is 30.3 Å². The first-order valence-electron chi connectivity index (χ1n) is 6.58. The zero-order chi connectivity index (χ0) is 14.0. The summed E-state index contributed by atoms with van der Waals surface area (Å²) in [6.45, 7) is 7.02. The highest BCUT2D eigenvalue weighted by molar-refractivity contribution is 7.20. The SMILES string of the molecule is CC1(C)CCCN(CC(=O)c2cc(Cl)sc2Cl)CC1. The third kappa shape index (κ3) is 4.19. The number of likely N-dealkylation sites (tertiary alicyclic amines) is 1. The lowest BCUT2D eigenvalue weighted by molar-refractivity contribution is 0.0931. The maximum absolute atomic E-state index is 12.2. The molecule has 5 heteroatoms. The van der Waals surface area contributed by atoms with E-state index in [9.17, 15) is 4.79 Å². The Hall–Kier alpha value is -0.0900. The molecule has 1 saturated heterocycles. The van der Waals surface area contributed by atoms with Crippen molar-refractivity contribution in [1.29, 1.82) is 0 Å². The Bertz CT molecular complexity index is 470. The average Bonchev–Trinajstić information content (AvgIpc) is 2.55. The molecule has 0 amide bonds. The van der Waals surface area contributed by atoms with E-state index in [1.807, 2.05) is 0 Å². The largest absolute Gasteiger partial charge is 0.296 e. The summed E-state index contributed by atoms with van der Waals surface area (Å²) in [5, 5.41) is 0. The third-order valence-electron chi connectivity index (χ3n) is 3.76. The first-order valence-corrected chi connectivity index (χ1v) is 8.15. The molecule has 2 rings (SSSR count). The van der Waals surface area contributed by atoms with Gasteiger partial charge in [0.25, 0.3) is 0 Å². The van der Waals surface area contributed by atoms with Crippen LogP contribution in [0.1, 0.15) is 43.5 Å². The summed E-state index contributed by atoms with van der Waals surface area (Å²) in [4.78, 5) is 14.5. The molecule has 0 aromatic carbocycles. The highest BCUT2D eigenvalue weighted by Crippen LogP contribution is 2.32. The molecular formula is C14H19Cl2NOS. The second kappa shape index (κ2) is 6.13. The van der Waals surface area contributed by atoms with Crippen molar-refractivity contribution in [2.24, 2.45) is 5.41 Å². The van der Waals surface area contributed by atoms with E-state index in [-0.39, 0.29) is 5.78 Å². The van der Waals surface area contributed by atoms with Crippen LogP contribution in [0, 0.1) is 5.41 Å². The Balaban J connectivity index is 1.97. The zero-order valence-electron chi connectivity index (χ0n) is 11.3. The summed E-state index contributed by atoms with van der Waals surface area (Å²) in [6.07, 6.45) is 3.51. The molecule has 1 aliphatic rings. The molecule has 0 bridgehead atoms. The van der Waals surface area contributed by atoms with Crippen molar-refractivity contribution in [2.45, 2.75) is 33.1 Å². The van der Waals surface area contributed by atoms with Gasteiger partial charge in [-0.05, 0) is 43.8 Å².